The quantitative estimate of drug-likeness (QED) is 0.238. The van der Waals surface area contributed by atoms with Crippen molar-refractivity contribution in [1.29, 1.82) is 0 Å². The number of fused-ring (bicyclic) bond motifs is 1. The molecule has 0 spiro atoms. The number of benzene rings is 3. The molecule has 2 heterocycles. The first-order chi connectivity index (χ1) is 19.4. The van der Waals surface area contributed by atoms with Crippen LogP contribution in [-0.4, -0.2) is 49.4 Å². The van der Waals surface area contributed by atoms with Crippen LogP contribution in [0, 0.1) is 5.82 Å². The van der Waals surface area contributed by atoms with Crippen LogP contribution in [0.4, 0.5) is 21.6 Å². The maximum absolute atomic E-state index is 13.7. The highest BCUT2D eigenvalue weighted by Crippen LogP contribution is 2.35. The molecule has 1 saturated heterocycles. The highest BCUT2D eigenvalue weighted by Gasteiger charge is 2.21. The van der Waals surface area contributed by atoms with Gasteiger partial charge in [-0.25, -0.2) is 14.4 Å². The van der Waals surface area contributed by atoms with Crippen molar-refractivity contribution in [3.8, 4) is 17.2 Å². The first-order valence-corrected chi connectivity index (χ1v) is 12.8. The zero-order chi connectivity index (χ0) is 28.1. The molecule has 4 aromatic rings. The Balaban J connectivity index is 1.46. The van der Waals surface area contributed by atoms with E-state index in [-0.39, 0.29) is 17.0 Å². The average molecular weight is 565 g/mol. The number of aromatic nitrogens is 2. The van der Waals surface area contributed by atoms with Crippen LogP contribution in [0.15, 0.2) is 60.9 Å². The zero-order valence-electron chi connectivity index (χ0n) is 21.7. The number of carbonyl (C=O) groups is 1. The summed E-state index contributed by atoms with van der Waals surface area (Å²) in [6.07, 6.45) is 5.02. The molecule has 1 fully saturated rings. The van der Waals surface area contributed by atoms with Crippen molar-refractivity contribution in [2.75, 3.05) is 38.1 Å². The monoisotopic (exact) mass is 564 g/mol. The number of amides is 1. The number of hydrogen-bond donors (Lipinski definition) is 2. The molecule has 1 aliphatic heterocycles. The van der Waals surface area contributed by atoms with E-state index in [1.165, 1.54) is 24.5 Å². The van der Waals surface area contributed by atoms with Gasteiger partial charge in [0.25, 0.3) is 0 Å². The van der Waals surface area contributed by atoms with Gasteiger partial charge < -0.3 is 29.6 Å². The fourth-order valence-corrected chi connectivity index (χ4v) is 4.35. The van der Waals surface area contributed by atoms with Crippen LogP contribution in [0.1, 0.15) is 12.0 Å². The highest BCUT2D eigenvalue weighted by molar-refractivity contribution is 6.31. The second-order valence-corrected chi connectivity index (χ2v) is 9.28. The Hall–Kier alpha value is -4.41. The smallest absolute Gasteiger partial charge is 0.248 e. The molecule has 1 aliphatic rings. The van der Waals surface area contributed by atoms with Crippen LogP contribution in [0.5, 0.6) is 17.2 Å². The van der Waals surface area contributed by atoms with Crippen molar-refractivity contribution >= 4 is 51.7 Å². The molecule has 0 aliphatic carbocycles. The third-order valence-electron chi connectivity index (χ3n) is 6.21. The lowest BCUT2D eigenvalue weighted by Gasteiger charge is -2.17. The van der Waals surface area contributed by atoms with E-state index in [2.05, 4.69) is 20.6 Å². The van der Waals surface area contributed by atoms with E-state index in [0.717, 1.165) is 6.42 Å². The Labute approximate surface area is 234 Å². The Kier molecular flexibility index (Phi) is 8.28. The van der Waals surface area contributed by atoms with Crippen molar-refractivity contribution in [2.45, 2.75) is 12.5 Å². The minimum atomic E-state index is -0.525. The predicted molar refractivity (Wildman–Crippen MR) is 151 cm³/mol. The Morgan fingerprint density at radius 1 is 1.10 bits per heavy atom. The van der Waals surface area contributed by atoms with Gasteiger partial charge in [0, 0.05) is 41.3 Å². The number of ether oxygens (including phenoxy) is 4. The number of carbonyl (C=O) groups excluding carboxylic acids is 1. The lowest BCUT2D eigenvalue weighted by molar-refractivity contribution is -0.111. The van der Waals surface area contributed by atoms with E-state index in [0.29, 0.717) is 64.1 Å². The average Bonchev–Trinajstić information content (AvgIpc) is 3.47. The molecule has 0 radical (unpaired) electrons. The minimum Gasteiger partial charge on any atom is -0.497 e. The van der Waals surface area contributed by atoms with Crippen molar-refractivity contribution in [2.24, 2.45) is 0 Å². The minimum absolute atomic E-state index is 0.0222. The molecule has 40 heavy (non-hydrogen) atoms. The highest BCUT2D eigenvalue weighted by atomic mass is 35.5. The summed E-state index contributed by atoms with van der Waals surface area (Å²) in [4.78, 5) is 21.8. The summed E-state index contributed by atoms with van der Waals surface area (Å²) >= 11 is 5.95. The molecule has 9 nitrogen and oxygen atoms in total. The third-order valence-corrected chi connectivity index (χ3v) is 6.50. The third kappa shape index (κ3) is 6.24. The zero-order valence-corrected chi connectivity index (χ0v) is 22.5. The molecule has 2 N–H and O–H groups in total. The molecule has 5 rings (SSSR count). The van der Waals surface area contributed by atoms with Crippen LogP contribution in [0.25, 0.3) is 17.0 Å². The van der Waals surface area contributed by atoms with Crippen LogP contribution < -0.4 is 24.8 Å². The number of nitrogens with one attached hydrogen (secondary N) is 2. The molecule has 0 bridgehead atoms. The number of hydrogen-bond acceptors (Lipinski definition) is 8. The van der Waals surface area contributed by atoms with Gasteiger partial charge in [0.05, 0.1) is 43.7 Å². The number of anilines is 3. The molecule has 206 valence electrons. The fourth-order valence-electron chi connectivity index (χ4n) is 4.17. The van der Waals surface area contributed by atoms with Crippen molar-refractivity contribution in [1.82, 2.24) is 9.97 Å². The van der Waals surface area contributed by atoms with E-state index < -0.39 is 5.82 Å². The SMILES string of the molecule is COc1ccc(/C=C/C(=O)Nc2cc3c(Nc4ccc(F)c(Cl)c4)ncnc3cc2O[C@H]2CCOC2)c(OC)c1. The normalized spacial score (nSPS) is 14.8. The maximum Gasteiger partial charge on any atom is 0.248 e. The van der Waals surface area contributed by atoms with Gasteiger partial charge in [-0.3, -0.25) is 4.79 Å². The summed E-state index contributed by atoms with van der Waals surface area (Å²) in [6.45, 7) is 1.05. The van der Waals surface area contributed by atoms with Gasteiger partial charge in [0.15, 0.2) is 0 Å². The molecular formula is C29H26ClFN4O5. The van der Waals surface area contributed by atoms with Gasteiger partial charge in [-0.05, 0) is 42.5 Å². The maximum atomic E-state index is 13.7. The second kappa shape index (κ2) is 12.2. The first kappa shape index (κ1) is 27.2. The fraction of sp³-hybridized carbons (Fsp3) is 0.207. The van der Waals surface area contributed by atoms with E-state index in [1.54, 1.807) is 56.7 Å². The lowest BCUT2D eigenvalue weighted by Crippen LogP contribution is -2.18. The molecule has 11 heteroatoms. The van der Waals surface area contributed by atoms with Crippen LogP contribution >= 0.6 is 11.6 Å². The van der Waals surface area contributed by atoms with Gasteiger partial charge in [0.2, 0.25) is 5.91 Å². The van der Waals surface area contributed by atoms with Gasteiger partial charge in [-0.2, -0.15) is 0 Å². The van der Waals surface area contributed by atoms with Crippen LogP contribution in [-0.2, 0) is 9.53 Å². The number of methoxy groups -OCH3 is 2. The topological polar surface area (TPSA) is 104 Å². The first-order valence-electron chi connectivity index (χ1n) is 12.4. The van der Waals surface area contributed by atoms with Crippen LogP contribution in [0.3, 0.4) is 0 Å². The summed E-state index contributed by atoms with van der Waals surface area (Å²) in [7, 11) is 3.12. The summed E-state index contributed by atoms with van der Waals surface area (Å²) in [5.41, 5.74) is 2.24. The van der Waals surface area contributed by atoms with E-state index in [1.807, 2.05) is 0 Å². The summed E-state index contributed by atoms with van der Waals surface area (Å²) in [5.74, 6) is 1.18. The molecule has 0 saturated carbocycles. The van der Waals surface area contributed by atoms with E-state index >= 15 is 0 Å². The standard InChI is InChI=1S/C29H26ClFN4O5/c1-37-19-6-3-17(26(12-19)38-2)4-8-28(36)35-25-13-21-24(14-27(25)40-20-9-10-39-15-20)32-16-33-29(21)34-18-5-7-23(31)22(30)11-18/h3-8,11-14,16,20H,9-10,15H2,1-2H3,(H,35,36)(H,32,33,34)/b8-4+/t20-/m0/s1. The summed E-state index contributed by atoms with van der Waals surface area (Å²) < 4.78 is 35.9. The van der Waals surface area contributed by atoms with Gasteiger partial charge in [-0.15, -0.1) is 0 Å². The molecule has 0 unspecified atom stereocenters. The lowest BCUT2D eigenvalue weighted by atomic mass is 10.1. The number of nitrogens with zero attached hydrogens (tertiary/aromatic N) is 2. The predicted octanol–water partition coefficient (Wildman–Crippen LogP) is 6.00. The summed E-state index contributed by atoms with van der Waals surface area (Å²) in [5, 5.41) is 6.63. The van der Waals surface area contributed by atoms with E-state index in [4.69, 9.17) is 30.5 Å². The Morgan fingerprint density at radius 3 is 2.73 bits per heavy atom. The Bertz CT molecular complexity index is 1580. The number of rotatable bonds is 9. The van der Waals surface area contributed by atoms with Gasteiger partial charge in [-0.1, -0.05) is 11.6 Å². The molecule has 1 aromatic heterocycles. The molecular weight excluding hydrogens is 539 g/mol. The second-order valence-electron chi connectivity index (χ2n) is 8.88. The largest absolute Gasteiger partial charge is 0.497 e. The number of halogens is 2. The molecule has 3 aromatic carbocycles. The van der Waals surface area contributed by atoms with E-state index in [9.17, 15) is 9.18 Å². The van der Waals surface area contributed by atoms with Gasteiger partial charge in [0.1, 0.15) is 41.3 Å². The van der Waals surface area contributed by atoms with Crippen molar-refractivity contribution in [3.63, 3.8) is 0 Å². The Morgan fingerprint density at radius 2 is 1.98 bits per heavy atom. The van der Waals surface area contributed by atoms with Crippen LogP contribution in [0.2, 0.25) is 5.02 Å². The summed E-state index contributed by atoms with van der Waals surface area (Å²) in [6, 6.07) is 13.1. The molecule has 1 atom stereocenters. The van der Waals surface area contributed by atoms with Crippen molar-refractivity contribution in [3.05, 3.63) is 77.3 Å². The van der Waals surface area contributed by atoms with Crippen molar-refractivity contribution < 1.29 is 28.1 Å². The van der Waals surface area contributed by atoms with Gasteiger partial charge >= 0.3 is 0 Å². The molecule has 1 amide bonds.